The van der Waals surface area contributed by atoms with E-state index in [1.807, 2.05) is 12.1 Å². The van der Waals surface area contributed by atoms with Crippen LogP contribution in [0.5, 0.6) is 5.88 Å². The molecule has 1 aliphatic rings. The first-order valence-electron chi connectivity index (χ1n) is 7.92. The van der Waals surface area contributed by atoms with Crippen LogP contribution in [-0.2, 0) is 6.42 Å². The number of aliphatic hydroxyl groups excluding tert-OH is 1. The largest absolute Gasteiger partial charge is 0.471 e. The molecular formula is C18H19ClN2O3. The molecule has 1 atom stereocenters. The summed E-state index contributed by atoms with van der Waals surface area (Å²) in [5, 5.41) is 9.76. The van der Waals surface area contributed by atoms with Gasteiger partial charge in [0.2, 0.25) is 5.88 Å². The van der Waals surface area contributed by atoms with Crippen molar-refractivity contribution >= 4 is 23.6 Å². The van der Waals surface area contributed by atoms with Gasteiger partial charge in [-0.25, -0.2) is 4.98 Å². The van der Waals surface area contributed by atoms with E-state index in [0.717, 1.165) is 30.5 Å². The molecule has 0 saturated carbocycles. The second-order valence-corrected chi connectivity index (χ2v) is 6.15. The summed E-state index contributed by atoms with van der Waals surface area (Å²) in [6.45, 7) is 1.58. The summed E-state index contributed by atoms with van der Waals surface area (Å²) >= 11 is 6.09. The topological polar surface area (TPSA) is 62.7 Å². The predicted molar refractivity (Wildman–Crippen MR) is 93.1 cm³/mol. The van der Waals surface area contributed by atoms with Gasteiger partial charge in [0.25, 0.3) is 0 Å². The zero-order valence-corrected chi connectivity index (χ0v) is 13.9. The molecule has 5 nitrogen and oxygen atoms in total. The van der Waals surface area contributed by atoms with Gasteiger partial charge in [-0.05, 0) is 30.2 Å². The fourth-order valence-electron chi connectivity index (χ4n) is 2.94. The number of carbonyl (C=O) groups excluding carboxylic acids is 1. The van der Waals surface area contributed by atoms with Gasteiger partial charge in [0.05, 0.1) is 6.54 Å². The number of aliphatic hydroxyl groups is 1. The van der Waals surface area contributed by atoms with Crippen LogP contribution >= 0.6 is 11.6 Å². The zero-order chi connectivity index (χ0) is 16.9. The van der Waals surface area contributed by atoms with Crippen molar-refractivity contribution < 1.29 is 14.6 Å². The molecule has 0 bridgehead atoms. The van der Waals surface area contributed by atoms with Crippen molar-refractivity contribution in [3.63, 3.8) is 0 Å². The lowest BCUT2D eigenvalue weighted by molar-refractivity contribution is 0.112. The van der Waals surface area contributed by atoms with E-state index in [-0.39, 0.29) is 12.7 Å². The van der Waals surface area contributed by atoms with Crippen molar-refractivity contribution in [1.29, 1.82) is 0 Å². The number of carbonyl (C=O) groups is 1. The second-order valence-electron chi connectivity index (χ2n) is 5.74. The molecule has 2 heterocycles. The van der Waals surface area contributed by atoms with Crippen molar-refractivity contribution in [1.82, 2.24) is 4.98 Å². The summed E-state index contributed by atoms with van der Waals surface area (Å²) in [6, 6.07) is 9.07. The molecule has 0 spiro atoms. The molecule has 24 heavy (non-hydrogen) atoms. The number of benzene rings is 1. The Balaban J connectivity index is 1.75. The first kappa shape index (κ1) is 16.7. The molecule has 1 saturated heterocycles. The number of pyridine rings is 1. The minimum absolute atomic E-state index is 0.0146. The summed E-state index contributed by atoms with van der Waals surface area (Å²) in [4.78, 5) is 17.4. The maximum Gasteiger partial charge on any atom is 0.232 e. The summed E-state index contributed by atoms with van der Waals surface area (Å²) in [5.74, 6) is 0.447. The van der Waals surface area contributed by atoms with E-state index in [9.17, 15) is 9.90 Å². The van der Waals surface area contributed by atoms with Gasteiger partial charge in [-0.3, -0.25) is 4.79 Å². The van der Waals surface area contributed by atoms with E-state index < -0.39 is 0 Å². The molecular weight excluding hydrogens is 328 g/mol. The molecule has 1 aromatic carbocycles. The summed E-state index contributed by atoms with van der Waals surface area (Å²) in [5.41, 5.74) is 2.63. The SMILES string of the molecule is O=Cc1ccc(CCO)c(N2CC[C@H](Oc3ncccc3Cl)C2)c1. The number of halogens is 1. The molecule has 0 unspecified atom stereocenters. The number of aromatic nitrogens is 1. The average Bonchev–Trinajstić information content (AvgIpc) is 3.06. The lowest BCUT2D eigenvalue weighted by atomic mass is 10.1. The number of nitrogens with zero attached hydrogens (tertiary/aromatic N) is 2. The normalized spacial score (nSPS) is 17.1. The maximum atomic E-state index is 11.1. The molecule has 1 N–H and O–H groups in total. The Morgan fingerprint density at radius 2 is 2.29 bits per heavy atom. The predicted octanol–water partition coefficient (Wildman–Crippen LogP) is 2.74. The number of hydrogen-bond donors (Lipinski definition) is 1. The number of rotatable bonds is 6. The maximum absolute atomic E-state index is 11.1. The molecule has 126 valence electrons. The van der Waals surface area contributed by atoms with Crippen LogP contribution in [0.3, 0.4) is 0 Å². The standard InChI is InChI=1S/C18H19ClN2O3/c19-16-2-1-7-20-18(16)24-15-5-8-21(11-15)17-10-13(12-23)3-4-14(17)6-9-22/h1-4,7,10,12,15,22H,5-6,8-9,11H2/t15-/m0/s1. The molecule has 6 heteroatoms. The van der Waals surface area contributed by atoms with E-state index in [2.05, 4.69) is 9.88 Å². The molecule has 1 aliphatic heterocycles. The first-order chi connectivity index (χ1) is 11.7. The van der Waals surface area contributed by atoms with E-state index >= 15 is 0 Å². The smallest absolute Gasteiger partial charge is 0.232 e. The highest BCUT2D eigenvalue weighted by atomic mass is 35.5. The Labute approximate surface area is 145 Å². The number of hydrogen-bond acceptors (Lipinski definition) is 5. The quantitative estimate of drug-likeness (QED) is 0.815. The molecule has 3 rings (SSSR count). The third-order valence-electron chi connectivity index (χ3n) is 4.12. The van der Waals surface area contributed by atoms with Gasteiger partial charge >= 0.3 is 0 Å². The van der Waals surface area contributed by atoms with Crippen LogP contribution in [0.1, 0.15) is 22.3 Å². The van der Waals surface area contributed by atoms with Crippen LogP contribution in [0.2, 0.25) is 5.02 Å². The lowest BCUT2D eigenvalue weighted by Crippen LogP contribution is -2.26. The van der Waals surface area contributed by atoms with Gasteiger partial charge in [-0.15, -0.1) is 0 Å². The molecule has 1 aromatic heterocycles. The monoisotopic (exact) mass is 346 g/mol. The van der Waals surface area contributed by atoms with Crippen molar-refractivity contribution in [3.05, 3.63) is 52.7 Å². The fraction of sp³-hybridized carbons (Fsp3) is 0.333. The summed E-state index contributed by atoms with van der Waals surface area (Å²) < 4.78 is 5.91. The van der Waals surface area contributed by atoms with Crippen LogP contribution < -0.4 is 9.64 Å². The van der Waals surface area contributed by atoms with Gasteiger partial charge in [-0.1, -0.05) is 23.7 Å². The van der Waals surface area contributed by atoms with Gasteiger partial charge < -0.3 is 14.7 Å². The summed E-state index contributed by atoms with van der Waals surface area (Å²) in [6.07, 6.45) is 3.88. The van der Waals surface area contributed by atoms with Crippen LogP contribution in [0.4, 0.5) is 5.69 Å². The van der Waals surface area contributed by atoms with Gasteiger partial charge in [0.1, 0.15) is 17.4 Å². The molecule has 0 amide bonds. The third kappa shape index (κ3) is 3.68. The van der Waals surface area contributed by atoms with Crippen LogP contribution in [0, 0.1) is 0 Å². The van der Waals surface area contributed by atoms with Crippen molar-refractivity contribution in [3.8, 4) is 5.88 Å². The Morgan fingerprint density at radius 1 is 1.42 bits per heavy atom. The number of anilines is 1. The first-order valence-corrected chi connectivity index (χ1v) is 8.30. The number of ether oxygens (including phenoxy) is 1. The number of aldehydes is 1. The Kier molecular flexibility index (Phi) is 5.33. The van der Waals surface area contributed by atoms with Crippen molar-refractivity contribution in [2.75, 3.05) is 24.6 Å². The van der Waals surface area contributed by atoms with E-state index in [1.54, 1.807) is 24.4 Å². The average molecular weight is 347 g/mol. The van der Waals surface area contributed by atoms with Gasteiger partial charge in [0, 0.05) is 37.0 Å². The van der Waals surface area contributed by atoms with E-state index in [1.165, 1.54) is 0 Å². The van der Waals surface area contributed by atoms with Gasteiger partial charge in [-0.2, -0.15) is 0 Å². The fourth-order valence-corrected chi connectivity index (χ4v) is 3.11. The second kappa shape index (κ2) is 7.64. The highest BCUT2D eigenvalue weighted by Gasteiger charge is 2.26. The molecule has 1 fully saturated rings. The van der Waals surface area contributed by atoms with Gasteiger partial charge in [0.15, 0.2) is 0 Å². The third-order valence-corrected chi connectivity index (χ3v) is 4.40. The van der Waals surface area contributed by atoms with E-state index in [4.69, 9.17) is 16.3 Å². The van der Waals surface area contributed by atoms with Crippen LogP contribution in [0.25, 0.3) is 0 Å². The highest BCUT2D eigenvalue weighted by molar-refractivity contribution is 6.31. The van der Waals surface area contributed by atoms with Crippen molar-refractivity contribution in [2.24, 2.45) is 0 Å². The zero-order valence-electron chi connectivity index (χ0n) is 13.2. The Bertz CT molecular complexity index is 723. The molecule has 0 aliphatic carbocycles. The minimum atomic E-state index is -0.0146. The van der Waals surface area contributed by atoms with Crippen molar-refractivity contribution in [2.45, 2.75) is 18.9 Å². The molecule has 2 aromatic rings. The van der Waals surface area contributed by atoms with E-state index in [0.29, 0.717) is 29.4 Å². The Hall–Kier alpha value is -2.11. The molecule has 0 radical (unpaired) electrons. The Morgan fingerprint density at radius 3 is 3.04 bits per heavy atom. The van der Waals surface area contributed by atoms with Crippen LogP contribution in [0.15, 0.2) is 36.5 Å². The van der Waals surface area contributed by atoms with Crippen LogP contribution in [-0.4, -0.2) is 42.2 Å². The highest BCUT2D eigenvalue weighted by Crippen LogP contribution is 2.29. The lowest BCUT2D eigenvalue weighted by Gasteiger charge is -2.22. The summed E-state index contributed by atoms with van der Waals surface area (Å²) in [7, 11) is 0. The minimum Gasteiger partial charge on any atom is -0.471 e.